The first-order chi connectivity index (χ1) is 7.85. The van der Waals surface area contributed by atoms with Crippen LogP contribution in [0.2, 0.25) is 5.28 Å². The van der Waals surface area contributed by atoms with Gasteiger partial charge in [-0.2, -0.15) is 20.0 Å². The van der Waals surface area contributed by atoms with Gasteiger partial charge in [-0.1, -0.05) is 0 Å². The molecule has 0 fully saturated rings. The van der Waals surface area contributed by atoms with Gasteiger partial charge in [-0.25, -0.2) is 0 Å². The zero-order valence-electron chi connectivity index (χ0n) is 10.2. The van der Waals surface area contributed by atoms with E-state index in [1.165, 1.54) is 0 Å². The van der Waals surface area contributed by atoms with Crippen molar-refractivity contribution in [2.75, 3.05) is 16.9 Å². The molecule has 0 saturated heterocycles. The second-order valence-corrected chi connectivity index (χ2v) is 4.74. The number of halogens is 1. The topological polar surface area (TPSA) is 83.4 Å². The van der Waals surface area contributed by atoms with Gasteiger partial charge in [-0.3, -0.25) is 0 Å². The Morgan fingerprint density at radius 3 is 2.47 bits per heavy atom. The molecule has 0 amide bonds. The Hall–Kier alpha value is -1.50. The van der Waals surface area contributed by atoms with Crippen molar-refractivity contribution in [1.82, 2.24) is 15.0 Å². The first-order valence-corrected chi connectivity index (χ1v) is 5.54. The van der Waals surface area contributed by atoms with Crippen molar-refractivity contribution in [3.8, 4) is 0 Å². The molecule has 1 heterocycles. The highest BCUT2D eigenvalue weighted by molar-refractivity contribution is 6.28. The largest absolute Gasteiger partial charge is 0.349 e. The summed E-state index contributed by atoms with van der Waals surface area (Å²) in [6.45, 7) is 7.99. The molecule has 0 aliphatic heterocycles. The van der Waals surface area contributed by atoms with Crippen LogP contribution in [-0.4, -0.2) is 27.0 Å². The predicted molar refractivity (Wildman–Crippen MR) is 67.0 cm³/mol. The van der Waals surface area contributed by atoms with E-state index in [4.69, 9.17) is 11.6 Å². The Labute approximate surface area is 105 Å². The lowest BCUT2D eigenvalue weighted by Gasteiger charge is -2.21. The van der Waals surface area contributed by atoms with Gasteiger partial charge in [0.15, 0.2) is 0 Å². The smallest absolute Gasteiger partial charge is 0.254 e. The van der Waals surface area contributed by atoms with Crippen LogP contribution in [0.25, 0.3) is 0 Å². The Morgan fingerprint density at radius 2 is 2.00 bits per heavy atom. The van der Waals surface area contributed by atoms with Crippen LogP contribution in [0, 0.1) is 4.91 Å². The van der Waals surface area contributed by atoms with Crippen LogP contribution in [0.15, 0.2) is 5.29 Å². The Bertz CT molecular complexity index is 405. The molecular formula is C9H15ClN6O. The van der Waals surface area contributed by atoms with Crippen molar-refractivity contribution >= 4 is 23.5 Å². The number of hydrogen-bond donors (Lipinski definition) is 1. The van der Waals surface area contributed by atoms with E-state index in [2.05, 4.69) is 25.6 Å². The molecule has 0 aliphatic rings. The lowest BCUT2D eigenvalue weighted by molar-refractivity contribution is 0.624. The molecule has 0 bridgehead atoms. The summed E-state index contributed by atoms with van der Waals surface area (Å²) in [6.07, 6.45) is 0. The van der Waals surface area contributed by atoms with Crippen molar-refractivity contribution in [3.63, 3.8) is 0 Å². The third-order valence-corrected chi connectivity index (χ3v) is 1.88. The number of nitrogens with zero attached hydrogens (tertiary/aromatic N) is 5. The fourth-order valence-corrected chi connectivity index (χ4v) is 1.24. The highest BCUT2D eigenvalue weighted by Gasteiger charge is 2.16. The minimum atomic E-state index is -0.215. The number of rotatable bonds is 4. The van der Waals surface area contributed by atoms with E-state index in [9.17, 15) is 4.91 Å². The fourth-order valence-electron chi connectivity index (χ4n) is 1.08. The van der Waals surface area contributed by atoms with Crippen LogP contribution in [0.1, 0.15) is 27.7 Å². The molecule has 7 nitrogen and oxygen atoms in total. The summed E-state index contributed by atoms with van der Waals surface area (Å²) in [5, 5.41) is 6.96. The quantitative estimate of drug-likeness (QED) is 0.659. The predicted octanol–water partition coefficient (Wildman–Crippen LogP) is 2.24. The average Bonchev–Trinajstić information content (AvgIpc) is 2.15. The molecule has 1 rings (SSSR count). The Kier molecular flexibility index (Phi) is 4.17. The number of aromatic nitrogens is 3. The Morgan fingerprint density at radius 1 is 1.35 bits per heavy atom. The molecule has 1 aromatic rings. The molecule has 0 unspecified atom stereocenters. The van der Waals surface area contributed by atoms with E-state index < -0.39 is 0 Å². The lowest BCUT2D eigenvalue weighted by atomic mass is 10.1. The van der Waals surface area contributed by atoms with Crippen LogP contribution in [0.3, 0.4) is 0 Å². The van der Waals surface area contributed by atoms with Crippen LogP contribution >= 0.6 is 11.6 Å². The molecule has 0 radical (unpaired) electrons. The lowest BCUT2D eigenvalue weighted by Crippen LogP contribution is -2.28. The fraction of sp³-hybridized carbons (Fsp3) is 0.667. The van der Waals surface area contributed by atoms with Crippen LogP contribution in [-0.2, 0) is 0 Å². The number of nitrogens with one attached hydrogen (secondary N) is 1. The van der Waals surface area contributed by atoms with Gasteiger partial charge in [-0.05, 0) is 39.3 Å². The average molecular weight is 259 g/mol. The van der Waals surface area contributed by atoms with E-state index in [0.717, 1.165) is 5.01 Å². The van der Waals surface area contributed by atoms with Gasteiger partial charge < -0.3 is 5.32 Å². The van der Waals surface area contributed by atoms with Gasteiger partial charge in [0.1, 0.15) is 0 Å². The zero-order chi connectivity index (χ0) is 13.1. The molecule has 0 aromatic carbocycles. The molecule has 0 aliphatic carbocycles. The normalized spacial score (nSPS) is 11.1. The van der Waals surface area contributed by atoms with Crippen molar-refractivity contribution in [2.24, 2.45) is 5.29 Å². The second kappa shape index (κ2) is 5.22. The molecule has 0 spiro atoms. The minimum absolute atomic E-state index is 0.0175. The molecule has 0 atom stereocenters. The van der Waals surface area contributed by atoms with Gasteiger partial charge in [0.25, 0.3) is 5.95 Å². The van der Waals surface area contributed by atoms with Gasteiger partial charge in [0.2, 0.25) is 11.2 Å². The van der Waals surface area contributed by atoms with Gasteiger partial charge >= 0.3 is 0 Å². The summed E-state index contributed by atoms with van der Waals surface area (Å²) in [4.78, 5) is 22.4. The summed E-state index contributed by atoms with van der Waals surface area (Å²) < 4.78 is 0. The van der Waals surface area contributed by atoms with E-state index in [1.807, 2.05) is 20.8 Å². The second-order valence-electron chi connectivity index (χ2n) is 4.40. The molecule has 94 valence electrons. The van der Waals surface area contributed by atoms with Crippen molar-refractivity contribution in [3.05, 3.63) is 10.2 Å². The highest BCUT2D eigenvalue weighted by atomic mass is 35.5. The van der Waals surface area contributed by atoms with Crippen LogP contribution < -0.4 is 10.3 Å². The molecule has 1 N–H and O–H groups in total. The van der Waals surface area contributed by atoms with E-state index >= 15 is 0 Å². The number of nitroso groups, excluding NO2 is 1. The summed E-state index contributed by atoms with van der Waals surface area (Å²) in [5.74, 6) is 0.448. The molecule has 1 aromatic heterocycles. The van der Waals surface area contributed by atoms with Gasteiger partial charge in [0, 0.05) is 12.1 Å². The van der Waals surface area contributed by atoms with Crippen molar-refractivity contribution < 1.29 is 0 Å². The van der Waals surface area contributed by atoms with Crippen molar-refractivity contribution in [1.29, 1.82) is 0 Å². The number of hydrogen-bond acceptors (Lipinski definition) is 6. The van der Waals surface area contributed by atoms with E-state index in [-0.39, 0.29) is 16.8 Å². The number of anilines is 2. The Balaban J connectivity index is 3.05. The summed E-state index contributed by atoms with van der Waals surface area (Å²) in [5.41, 5.74) is -0.215. The highest BCUT2D eigenvalue weighted by Crippen LogP contribution is 2.16. The van der Waals surface area contributed by atoms with E-state index in [1.54, 1.807) is 6.92 Å². The third kappa shape index (κ3) is 4.10. The molecule has 8 heteroatoms. The maximum absolute atomic E-state index is 10.6. The van der Waals surface area contributed by atoms with Crippen LogP contribution in [0.5, 0.6) is 0 Å². The maximum atomic E-state index is 10.6. The SMILES string of the molecule is CCN(N=O)c1nc(Cl)nc(NC(C)(C)C)n1. The first-order valence-electron chi connectivity index (χ1n) is 5.16. The maximum Gasteiger partial charge on any atom is 0.254 e. The summed E-state index contributed by atoms with van der Waals surface area (Å²) >= 11 is 5.76. The van der Waals surface area contributed by atoms with Crippen LogP contribution in [0.4, 0.5) is 11.9 Å². The van der Waals surface area contributed by atoms with Gasteiger partial charge in [-0.15, -0.1) is 4.91 Å². The minimum Gasteiger partial charge on any atom is -0.349 e. The third-order valence-electron chi connectivity index (χ3n) is 1.71. The van der Waals surface area contributed by atoms with Gasteiger partial charge in [0.05, 0.1) is 5.29 Å². The molecule has 17 heavy (non-hydrogen) atoms. The molecule has 0 saturated carbocycles. The first kappa shape index (κ1) is 13.6. The van der Waals surface area contributed by atoms with Crippen molar-refractivity contribution in [2.45, 2.75) is 33.2 Å². The zero-order valence-corrected chi connectivity index (χ0v) is 11.0. The monoisotopic (exact) mass is 258 g/mol. The standard InChI is InChI=1S/C9H15ClN6O/c1-5-16(15-17)8-12-6(10)11-7(13-8)14-9(2,3)4/h5H2,1-4H3,(H,11,12,13,14). The molecular weight excluding hydrogens is 244 g/mol. The summed E-state index contributed by atoms with van der Waals surface area (Å²) in [6, 6.07) is 0. The summed E-state index contributed by atoms with van der Waals surface area (Å²) in [7, 11) is 0. The van der Waals surface area contributed by atoms with E-state index in [0.29, 0.717) is 12.5 Å².